The van der Waals surface area contributed by atoms with Crippen LogP contribution >= 0.6 is 0 Å². The summed E-state index contributed by atoms with van der Waals surface area (Å²) in [5.41, 5.74) is 0. The molecule has 0 amide bonds. The van der Waals surface area contributed by atoms with E-state index in [0.717, 1.165) is 38.7 Å². The van der Waals surface area contributed by atoms with Crippen LogP contribution in [-0.4, -0.2) is 38.5 Å². The Morgan fingerprint density at radius 1 is 1.56 bits per heavy atom. The molecule has 1 heterocycles. The second-order valence-corrected chi connectivity index (χ2v) is 4.12. The number of unbranched alkanes of at least 4 members (excludes halogenated alkanes) is 1. The van der Waals surface area contributed by atoms with Crippen molar-refractivity contribution in [1.29, 1.82) is 0 Å². The molecule has 2 unspecified atom stereocenters. The first-order valence-electron chi connectivity index (χ1n) is 6.09. The molecule has 0 aromatic rings. The molecular formula is C12H22O4. The van der Waals surface area contributed by atoms with Crippen LogP contribution in [0.5, 0.6) is 0 Å². The van der Waals surface area contributed by atoms with Crippen molar-refractivity contribution in [2.45, 2.75) is 51.2 Å². The van der Waals surface area contributed by atoms with E-state index in [1.807, 2.05) is 0 Å². The molecule has 1 fully saturated rings. The zero-order valence-electron chi connectivity index (χ0n) is 10.2. The molecule has 0 spiro atoms. The fraction of sp³-hybridized carbons (Fsp3) is 0.917. The highest BCUT2D eigenvalue weighted by Crippen LogP contribution is 2.14. The maximum absolute atomic E-state index is 11.4. The quantitative estimate of drug-likeness (QED) is 0.627. The first kappa shape index (κ1) is 13.5. The Morgan fingerprint density at radius 3 is 2.94 bits per heavy atom. The van der Waals surface area contributed by atoms with E-state index in [4.69, 9.17) is 14.2 Å². The second kappa shape index (κ2) is 7.63. The summed E-state index contributed by atoms with van der Waals surface area (Å²) in [5.74, 6) is -0.272. The fourth-order valence-electron chi connectivity index (χ4n) is 1.79. The molecule has 1 rings (SSSR count). The van der Waals surface area contributed by atoms with Crippen molar-refractivity contribution in [2.24, 2.45) is 0 Å². The number of hydrogen-bond acceptors (Lipinski definition) is 4. The molecule has 1 aliphatic rings. The van der Waals surface area contributed by atoms with Crippen molar-refractivity contribution in [3.8, 4) is 0 Å². The van der Waals surface area contributed by atoms with Gasteiger partial charge in [0.25, 0.3) is 0 Å². The highest BCUT2D eigenvalue weighted by Gasteiger charge is 2.23. The van der Waals surface area contributed by atoms with E-state index < -0.39 is 6.10 Å². The lowest BCUT2D eigenvalue weighted by atomic mass is 10.1. The molecule has 16 heavy (non-hydrogen) atoms. The van der Waals surface area contributed by atoms with Gasteiger partial charge in [0.2, 0.25) is 0 Å². The first-order chi connectivity index (χ1) is 7.77. The van der Waals surface area contributed by atoms with E-state index in [1.54, 1.807) is 0 Å². The molecule has 0 bridgehead atoms. The van der Waals surface area contributed by atoms with Crippen molar-refractivity contribution in [3.05, 3.63) is 0 Å². The number of rotatable bonds is 7. The number of carbonyl (C=O) groups is 1. The SMILES string of the molecule is CCCCC(OCC1CCCO1)C(=O)OC. The predicted octanol–water partition coefficient (Wildman–Crippen LogP) is 1.91. The Bertz CT molecular complexity index is 199. The minimum absolute atomic E-state index is 0.161. The Morgan fingerprint density at radius 2 is 2.38 bits per heavy atom. The number of ether oxygens (including phenoxy) is 3. The third-order valence-corrected chi connectivity index (χ3v) is 2.79. The van der Waals surface area contributed by atoms with Gasteiger partial charge in [-0.05, 0) is 19.3 Å². The fourth-order valence-corrected chi connectivity index (χ4v) is 1.79. The summed E-state index contributed by atoms with van der Waals surface area (Å²) >= 11 is 0. The molecule has 0 radical (unpaired) electrons. The molecule has 0 aromatic carbocycles. The van der Waals surface area contributed by atoms with Crippen molar-refractivity contribution >= 4 is 5.97 Å². The molecular weight excluding hydrogens is 208 g/mol. The lowest BCUT2D eigenvalue weighted by Crippen LogP contribution is -2.29. The average Bonchev–Trinajstić information content (AvgIpc) is 2.81. The molecule has 4 nitrogen and oxygen atoms in total. The highest BCUT2D eigenvalue weighted by molar-refractivity contribution is 5.74. The van der Waals surface area contributed by atoms with Crippen molar-refractivity contribution in [3.63, 3.8) is 0 Å². The lowest BCUT2D eigenvalue weighted by Gasteiger charge is -2.17. The number of esters is 1. The van der Waals surface area contributed by atoms with Gasteiger partial charge in [-0.1, -0.05) is 19.8 Å². The van der Waals surface area contributed by atoms with E-state index >= 15 is 0 Å². The molecule has 94 valence electrons. The summed E-state index contributed by atoms with van der Waals surface area (Å²) in [4.78, 5) is 11.4. The van der Waals surface area contributed by atoms with Gasteiger partial charge in [-0.15, -0.1) is 0 Å². The maximum atomic E-state index is 11.4. The summed E-state index contributed by atoms with van der Waals surface area (Å²) in [7, 11) is 1.40. The van der Waals surface area contributed by atoms with Gasteiger partial charge in [-0.3, -0.25) is 0 Å². The molecule has 0 saturated carbocycles. The number of hydrogen-bond donors (Lipinski definition) is 0. The van der Waals surface area contributed by atoms with Gasteiger partial charge in [-0.2, -0.15) is 0 Å². The highest BCUT2D eigenvalue weighted by atomic mass is 16.6. The van der Waals surface area contributed by atoms with E-state index in [-0.39, 0.29) is 12.1 Å². The third-order valence-electron chi connectivity index (χ3n) is 2.79. The summed E-state index contributed by atoms with van der Waals surface area (Å²) in [6.45, 7) is 3.41. The maximum Gasteiger partial charge on any atom is 0.334 e. The number of methoxy groups -OCH3 is 1. The van der Waals surface area contributed by atoms with Crippen LogP contribution in [0.2, 0.25) is 0 Å². The van der Waals surface area contributed by atoms with Gasteiger partial charge >= 0.3 is 5.97 Å². The molecule has 1 aliphatic heterocycles. The summed E-state index contributed by atoms with van der Waals surface area (Å²) in [5, 5.41) is 0. The molecule has 1 saturated heterocycles. The monoisotopic (exact) mass is 230 g/mol. The summed E-state index contributed by atoms with van der Waals surface area (Å²) < 4.78 is 15.7. The minimum atomic E-state index is -0.422. The van der Waals surface area contributed by atoms with Crippen molar-refractivity contribution in [2.75, 3.05) is 20.3 Å². The van der Waals surface area contributed by atoms with Crippen LogP contribution in [0.3, 0.4) is 0 Å². The summed E-state index contributed by atoms with van der Waals surface area (Å²) in [6, 6.07) is 0. The average molecular weight is 230 g/mol. The van der Waals surface area contributed by atoms with Crippen LogP contribution in [0, 0.1) is 0 Å². The standard InChI is InChI=1S/C12H22O4/c1-3-4-7-11(12(13)14-2)16-9-10-6-5-8-15-10/h10-11H,3-9H2,1-2H3. The minimum Gasteiger partial charge on any atom is -0.467 e. The Kier molecular flexibility index (Phi) is 6.42. The summed E-state index contributed by atoms with van der Waals surface area (Å²) in [6.07, 6.45) is 4.62. The van der Waals surface area contributed by atoms with Gasteiger partial charge in [0, 0.05) is 6.61 Å². The van der Waals surface area contributed by atoms with Crippen LogP contribution in [0.15, 0.2) is 0 Å². The van der Waals surface area contributed by atoms with Crippen LogP contribution in [0.4, 0.5) is 0 Å². The van der Waals surface area contributed by atoms with Crippen LogP contribution in [0.1, 0.15) is 39.0 Å². The number of carbonyl (C=O) groups excluding carboxylic acids is 1. The largest absolute Gasteiger partial charge is 0.467 e. The smallest absolute Gasteiger partial charge is 0.334 e. The van der Waals surface area contributed by atoms with Gasteiger partial charge < -0.3 is 14.2 Å². The molecule has 4 heteroatoms. The van der Waals surface area contributed by atoms with Crippen LogP contribution < -0.4 is 0 Å². The molecule has 0 N–H and O–H groups in total. The molecule has 0 aromatic heterocycles. The zero-order valence-corrected chi connectivity index (χ0v) is 10.2. The van der Waals surface area contributed by atoms with Gasteiger partial charge in [0.1, 0.15) is 0 Å². The van der Waals surface area contributed by atoms with E-state index in [0.29, 0.717) is 6.61 Å². The van der Waals surface area contributed by atoms with Crippen LogP contribution in [-0.2, 0) is 19.0 Å². The van der Waals surface area contributed by atoms with E-state index in [2.05, 4.69) is 6.92 Å². The topological polar surface area (TPSA) is 44.8 Å². The zero-order chi connectivity index (χ0) is 11.8. The normalized spacial score (nSPS) is 22.0. The molecule has 0 aliphatic carbocycles. The van der Waals surface area contributed by atoms with E-state index in [9.17, 15) is 4.79 Å². The Labute approximate surface area is 97.2 Å². The van der Waals surface area contributed by atoms with Crippen molar-refractivity contribution < 1.29 is 19.0 Å². The van der Waals surface area contributed by atoms with Gasteiger partial charge in [0.05, 0.1) is 19.8 Å². The predicted molar refractivity (Wildman–Crippen MR) is 60.3 cm³/mol. The second-order valence-electron chi connectivity index (χ2n) is 4.12. The third kappa shape index (κ3) is 4.49. The van der Waals surface area contributed by atoms with Gasteiger partial charge in [-0.25, -0.2) is 4.79 Å². The molecule has 2 atom stereocenters. The Hall–Kier alpha value is -0.610. The first-order valence-corrected chi connectivity index (χ1v) is 6.09. The Balaban J connectivity index is 2.27. The van der Waals surface area contributed by atoms with Gasteiger partial charge in [0.15, 0.2) is 6.10 Å². The van der Waals surface area contributed by atoms with Crippen molar-refractivity contribution in [1.82, 2.24) is 0 Å². The van der Waals surface area contributed by atoms with Crippen LogP contribution in [0.25, 0.3) is 0 Å². The lowest BCUT2D eigenvalue weighted by molar-refractivity contribution is -0.156. The van der Waals surface area contributed by atoms with E-state index in [1.165, 1.54) is 7.11 Å².